The second kappa shape index (κ2) is 6.59. The van der Waals surface area contributed by atoms with Gasteiger partial charge in [-0.2, -0.15) is 0 Å². The zero-order chi connectivity index (χ0) is 14.7. The van der Waals surface area contributed by atoms with Crippen molar-refractivity contribution in [2.24, 2.45) is 0 Å². The SMILES string of the molecule is COc1ccc(C(C)Nc2c(Br)cccc2Br)cc1F. The molecule has 0 aromatic heterocycles. The standard InChI is InChI=1S/C15H14Br2FNO/c1-9(10-6-7-14(20-2)13(18)8-10)19-15-11(16)4-3-5-12(15)17/h3-9,19H,1-2H3. The molecule has 2 nitrogen and oxygen atoms in total. The minimum atomic E-state index is -0.357. The number of nitrogens with one attached hydrogen (secondary N) is 1. The molecule has 2 aromatic carbocycles. The highest BCUT2D eigenvalue weighted by molar-refractivity contribution is 9.11. The number of benzene rings is 2. The fourth-order valence-corrected chi connectivity index (χ4v) is 3.11. The zero-order valence-electron chi connectivity index (χ0n) is 11.1. The summed E-state index contributed by atoms with van der Waals surface area (Å²) in [7, 11) is 1.46. The average molecular weight is 403 g/mol. The van der Waals surface area contributed by atoms with E-state index in [-0.39, 0.29) is 17.6 Å². The number of halogens is 3. The van der Waals surface area contributed by atoms with Crippen molar-refractivity contribution in [1.29, 1.82) is 0 Å². The lowest BCUT2D eigenvalue weighted by atomic mass is 10.1. The van der Waals surface area contributed by atoms with Crippen LogP contribution >= 0.6 is 31.9 Å². The molecule has 20 heavy (non-hydrogen) atoms. The molecule has 1 unspecified atom stereocenters. The van der Waals surface area contributed by atoms with Gasteiger partial charge in [-0.15, -0.1) is 0 Å². The molecular formula is C15H14Br2FNO. The van der Waals surface area contributed by atoms with Crippen LogP contribution in [-0.2, 0) is 0 Å². The van der Waals surface area contributed by atoms with E-state index in [0.29, 0.717) is 0 Å². The Bertz CT molecular complexity index is 599. The van der Waals surface area contributed by atoms with Crippen LogP contribution in [0.4, 0.5) is 10.1 Å². The van der Waals surface area contributed by atoms with Gasteiger partial charge in [-0.25, -0.2) is 4.39 Å². The van der Waals surface area contributed by atoms with Crippen molar-refractivity contribution in [3.05, 3.63) is 56.7 Å². The van der Waals surface area contributed by atoms with Crippen LogP contribution in [0.25, 0.3) is 0 Å². The molecule has 0 aliphatic heterocycles. The monoisotopic (exact) mass is 401 g/mol. The minimum Gasteiger partial charge on any atom is -0.494 e. The maximum Gasteiger partial charge on any atom is 0.165 e. The molecule has 0 amide bonds. The average Bonchev–Trinajstić information content (AvgIpc) is 2.42. The summed E-state index contributed by atoms with van der Waals surface area (Å²) in [6.45, 7) is 1.98. The van der Waals surface area contributed by atoms with Crippen molar-refractivity contribution >= 4 is 37.5 Å². The lowest BCUT2D eigenvalue weighted by molar-refractivity contribution is 0.386. The van der Waals surface area contributed by atoms with Crippen LogP contribution in [0.2, 0.25) is 0 Å². The van der Waals surface area contributed by atoms with E-state index in [0.717, 1.165) is 20.2 Å². The largest absolute Gasteiger partial charge is 0.494 e. The van der Waals surface area contributed by atoms with E-state index >= 15 is 0 Å². The molecule has 0 spiro atoms. The molecule has 0 aliphatic carbocycles. The van der Waals surface area contributed by atoms with Crippen LogP contribution in [0.3, 0.4) is 0 Å². The summed E-state index contributed by atoms with van der Waals surface area (Å²) in [5.74, 6) is -0.104. The molecule has 2 rings (SSSR count). The lowest BCUT2D eigenvalue weighted by Gasteiger charge is -2.18. The first-order chi connectivity index (χ1) is 9.52. The van der Waals surface area contributed by atoms with Gasteiger partial charge in [0.15, 0.2) is 11.6 Å². The van der Waals surface area contributed by atoms with Crippen molar-refractivity contribution in [2.75, 3.05) is 12.4 Å². The quantitative estimate of drug-likeness (QED) is 0.725. The number of rotatable bonds is 4. The van der Waals surface area contributed by atoms with Gasteiger partial charge in [0.25, 0.3) is 0 Å². The van der Waals surface area contributed by atoms with Crippen LogP contribution in [-0.4, -0.2) is 7.11 Å². The normalized spacial score (nSPS) is 12.1. The summed E-state index contributed by atoms with van der Waals surface area (Å²) < 4.78 is 20.6. The summed E-state index contributed by atoms with van der Waals surface area (Å²) >= 11 is 7.00. The van der Waals surface area contributed by atoms with Gasteiger partial charge in [0.05, 0.1) is 12.8 Å². The summed E-state index contributed by atoms with van der Waals surface area (Å²) in [6, 6.07) is 10.8. The highest BCUT2D eigenvalue weighted by Crippen LogP contribution is 2.33. The van der Waals surface area contributed by atoms with Crippen molar-refractivity contribution in [1.82, 2.24) is 0 Å². The predicted octanol–water partition coefficient (Wildman–Crippen LogP) is 5.53. The maximum absolute atomic E-state index is 13.7. The van der Waals surface area contributed by atoms with Gasteiger partial charge in [0, 0.05) is 15.0 Å². The van der Waals surface area contributed by atoms with Gasteiger partial charge in [-0.05, 0) is 68.6 Å². The van der Waals surface area contributed by atoms with Crippen LogP contribution < -0.4 is 10.1 Å². The number of para-hydroxylation sites is 1. The Morgan fingerprint density at radius 3 is 2.35 bits per heavy atom. The number of anilines is 1. The van der Waals surface area contributed by atoms with E-state index in [9.17, 15) is 4.39 Å². The summed E-state index contributed by atoms with van der Waals surface area (Å²) in [4.78, 5) is 0. The first-order valence-electron chi connectivity index (χ1n) is 6.07. The van der Waals surface area contributed by atoms with E-state index < -0.39 is 0 Å². The van der Waals surface area contributed by atoms with Gasteiger partial charge >= 0.3 is 0 Å². The maximum atomic E-state index is 13.7. The van der Waals surface area contributed by atoms with Crippen LogP contribution in [0.5, 0.6) is 5.75 Å². The smallest absolute Gasteiger partial charge is 0.165 e. The lowest BCUT2D eigenvalue weighted by Crippen LogP contribution is -2.08. The Morgan fingerprint density at radius 2 is 1.80 bits per heavy atom. The molecule has 0 fully saturated rings. The second-order valence-electron chi connectivity index (χ2n) is 4.36. The molecular weight excluding hydrogens is 389 g/mol. The summed E-state index contributed by atoms with van der Waals surface area (Å²) in [5, 5.41) is 3.36. The van der Waals surface area contributed by atoms with Crippen molar-refractivity contribution in [3.63, 3.8) is 0 Å². The van der Waals surface area contributed by atoms with E-state index in [1.54, 1.807) is 6.07 Å². The number of ether oxygens (including phenoxy) is 1. The first kappa shape index (κ1) is 15.3. The Labute approximate surface area is 134 Å². The molecule has 0 radical (unpaired) electrons. The molecule has 0 aliphatic rings. The molecule has 0 bridgehead atoms. The number of methoxy groups -OCH3 is 1. The fraction of sp³-hybridized carbons (Fsp3) is 0.200. The summed E-state index contributed by atoms with van der Waals surface area (Å²) in [6.07, 6.45) is 0. The molecule has 106 valence electrons. The van der Waals surface area contributed by atoms with E-state index in [2.05, 4.69) is 37.2 Å². The third-order valence-corrected chi connectivity index (χ3v) is 4.32. The van der Waals surface area contributed by atoms with Crippen molar-refractivity contribution < 1.29 is 9.13 Å². The molecule has 1 atom stereocenters. The number of hydrogen-bond acceptors (Lipinski definition) is 2. The molecule has 1 N–H and O–H groups in total. The van der Waals surface area contributed by atoms with Gasteiger partial charge in [-0.3, -0.25) is 0 Å². The first-order valence-corrected chi connectivity index (χ1v) is 7.65. The van der Waals surface area contributed by atoms with Gasteiger partial charge in [0.1, 0.15) is 0 Å². The Hall–Kier alpha value is -1.07. The number of hydrogen-bond donors (Lipinski definition) is 1. The Morgan fingerprint density at radius 1 is 1.15 bits per heavy atom. The molecule has 2 aromatic rings. The third-order valence-electron chi connectivity index (χ3n) is 3.00. The predicted molar refractivity (Wildman–Crippen MR) is 86.8 cm³/mol. The second-order valence-corrected chi connectivity index (χ2v) is 6.07. The van der Waals surface area contributed by atoms with E-state index in [1.807, 2.05) is 31.2 Å². The molecule has 0 saturated heterocycles. The molecule has 5 heteroatoms. The van der Waals surface area contributed by atoms with Crippen molar-refractivity contribution in [3.8, 4) is 5.75 Å². The van der Waals surface area contributed by atoms with Gasteiger partial charge in [-0.1, -0.05) is 12.1 Å². The van der Waals surface area contributed by atoms with Crippen LogP contribution in [0, 0.1) is 5.82 Å². The van der Waals surface area contributed by atoms with Crippen molar-refractivity contribution in [2.45, 2.75) is 13.0 Å². The zero-order valence-corrected chi connectivity index (χ0v) is 14.3. The molecule has 0 saturated carbocycles. The minimum absolute atomic E-state index is 0.0367. The van der Waals surface area contributed by atoms with Gasteiger partial charge < -0.3 is 10.1 Å². The van der Waals surface area contributed by atoms with Crippen LogP contribution in [0.15, 0.2) is 45.3 Å². The topological polar surface area (TPSA) is 21.3 Å². The highest BCUT2D eigenvalue weighted by atomic mass is 79.9. The Balaban J connectivity index is 2.24. The third kappa shape index (κ3) is 3.33. The summed E-state index contributed by atoms with van der Waals surface area (Å²) in [5.41, 5.74) is 1.79. The highest BCUT2D eigenvalue weighted by Gasteiger charge is 2.12. The van der Waals surface area contributed by atoms with E-state index in [1.165, 1.54) is 13.2 Å². The van der Waals surface area contributed by atoms with Crippen LogP contribution in [0.1, 0.15) is 18.5 Å². The molecule has 0 heterocycles. The Kier molecular flexibility index (Phi) is 5.05. The fourth-order valence-electron chi connectivity index (χ4n) is 1.89. The van der Waals surface area contributed by atoms with E-state index in [4.69, 9.17) is 4.74 Å². The van der Waals surface area contributed by atoms with Gasteiger partial charge in [0.2, 0.25) is 0 Å².